The van der Waals surface area contributed by atoms with Gasteiger partial charge in [0.25, 0.3) is 5.91 Å². The molecule has 0 spiro atoms. The summed E-state index contributed by atoms with van der Waals surface area (Å²) in [7, 11) is 3.09. The topological polar surface area (TPSA) is 60.7 Å². The van der Waals surface area contributed by atoms with E-state index in [1.165, 1.54) is 7.11 Å². The molecule has 124 valence electrons. The van der Waals surface area contributed by atoms with E-state index >= 15 is 0 Å². The Morgan fingerprint density at radius 2 is 1.88 bits per heavy atom. The third-order valence-electron chi connectivity index (χ3n) is 3.87. The zero-order valence-corrected chi connectivity index (χ0v) is 13.8. The molecular weight excluding hydrogens is 306 g/mol. The number of furan rings is 1. The quantitative estimate of drug-likeness (QED) is 0.772. The highest BCUT2D eigenvalue weighted by molar-refractivity contribution is 5.97. The molecule has 1 aromatic heterocycles. The normalized spacial score (nSPS) is 12.0. The molecule has 3 aromatic rings. The molecule has 1 atom stereocenters. The number of fused-ring (bicyclic) bond motifs is 1. The number of nitrogens with one attached hydrogen (secondary N) is 1. The molecule has 0 radical (unpaired) electrons. The second kappa shape index (κ2) is 6.66. The molecule has 0 aliphatic carbocycles. The molecule has 0 fully saturated rings. The number of carbonyl (C=O) groups excluding carboxylic acids is 1. The van der Waals surface area contributed by atoms with E-state index in [4.69, 9.17) is 13.9 Å². The second-order valence-electron chi connectivity index (χ2n) is 5.45. The van der Waals surface area contributed by atoms with Crippen molar-refractivity contribution >= 4 is 16.9 Å². The zero-order valence-electron chi connectivity index (χ0n) is 13.8. The van der Waals surface area contributed by atoms with E-state index < -0.39 is 0 Å². The van der Waals surface area contributed by atoms with E-state index in [0.29, 0.717) is 22.8 Å². The minimum atomic E-state index is -0.267. The van der Waals surface area contributed by atoms with Crippen molar-refractivity contribution in [2.45, 2.75) is 13.0 Å². The Kier molecular flexibility index (Phi) is 4.42. The first-order valence-electron chi connectivity index (χ1n) is 7.63. The van der Waals surface area contributed by atoms with Crippen LogP contribution < -0.4 is 14.8 Å². The van der Waals surface area contributed by atoms with Crippen molar-refractivity contribution in [1.82, 2.24) is 5.32 Å². The van der Waals surface area contributed by atoms with Crippen LogP contribution in [0.25, 0.3) is 11.0 Å². The third-order valence-corrected chi connectivity index (χ3v) is 3.87. The number of benzene rings is 2. The highest BCUT2D eigenvalue weighted by Crippen LogP contribution is 2.27. The summed E-state index contributed by atoms with van der Waals surface area (Å²) >= 11 is 0. The fraction of sp³-hybridized carbons (Fsp3) is 0.211. The smallest absolute Gasteiger partial charge is 0.255 e. The Balaban J connectivity index is 1.81. The number of methoxy groups -OCH3 is 2. The van der Waals surface area contributed by atoms with Gasteiger partial charge in [-0.1, -0.05) is 18.2 Å². The molecule has 1 unspecified atom stereocenters. The Morgan fingerprint density at radius 3 is 2.58 bits per heavy atom. The maximum atomic E-state index is 12.5. The van der Waals surface area contributed by atoms with Gasteiger partial charge in [-0.2, -0.15) is 0 Å². The largest absolute Gasteiger partial charge is 0.497 e. The number of carbonyl (C=O) groups is 1. The first kappa shape index (κ1) is 15.9. The molecule has 0 aliphatic heterocycles. The lowest BCUT2D eigenvalue weighted by Gasteiger charge is -2.14. The van der Waals surface area contributed by atoms with Crippen LogP contribution in [0.1, 0.15) is 29.1 Å². The molecule has 1 N–H and O–H groups in total. The lowest BCUT2D eigenvalue weighted by Crippen LogP contribution is -2.26. The fourth-order valence-electron chi connectivity index (χ4n) is 2.55. The summed E-state index contributed by atoms with van der Waals surface area (Å²) in [6, 6.07) is 14.5. The molecule has 0 bridgehead atoms. The molecule has 1 amide bonds. The Hall–Kier alpha value is -2.95. The molecule has 2 aromatic carbocycles. The summed E-state index contributed by atoms with van der Waals surface area (Å²) in [6.45, 7) is 1.88. The van der Waals surface area contributed by atoms with Gasteiger partial charge in [-0.25, -0.2) is 0 Å². The third kappa shape index (κ3) is 3.06. The fourth-order valence-corrected chi connectivity index (χ4v) is 2.55. The van der Waals surface area contributed by atoms with E-state index in [0.717, 1.165) is 11.0 Å². The summed E-state index contributed by atoms with van der Waals surface area (Å²) in [4.78, 5) is 12.5. The predicted octanol–water partition coefficient (Wildman–Crippen LogP) is 3.94. The summed E-state index contributed by atoms with van der Waals surface area (Å²) in [5, 5.41) is 3.94. The number of para-hydroxylation sites is 1. The molecular formula is C19H19NO4. The van der Waals surface area contributed by atoms with Gasteiger partial charge in [0.2, 0.25) is 0 Å². The van der Waals surface area contributed by atoms with Crippen molar-refractivity contribution in [3.8, 4) is 11.5 Å². The van der Waals surface area contributed by atoms with Crippen molar-refractivity contribution < 1.29 is 18.7 Å². The SMILES string of the molecule is COc1ccc(C(=O)NC(C)c2cc3ccccc3o2)c(OC)c1. The van der Waals surface area contributed by atoms with Gasteiger partial charge in [0, 0.05) is 11.5 Å². The Bertz CT molecular complexity index is 836. The minimum Gasteiger partial charge on any atom is -0.497 e. The maximum absolute atomic E-state index is 12.5. The van der Waals surface area contributed by atoms with E-state index in [1.807, 2.05) is 37.3 Å². The summed E-state index contributed by atoms with van der Waals surface area (Å²) in [5.41, 5.74) is 1.25. The van der Waals surface area contributed by atoms with Gasteiger partial charge in [0.1, 0.15) is 22.8 Å². The van der Waals surface area contributed by atoms with Gasteiger partial charge in [-0.3, -0.25) is 4.79 Å². The van der Waals surface area contributed by atoms with Crippen molar-refractivity contribution in [2.24, 2.45) is 0 Å². The Labute approximate surface area is 140 Å². The van der Waals surface area contributed by atoms with Gasteiger partial charge in [-0.05, 0) is 31.2 Å². The minimum absolute atomic E-state index is 0.234. The summed E-state index contributed by atoms with van der Waals surface area (Å²) in [6.07, 6.45) is 0. The summed E-state index contributed by atoms with van der Waals surface area (Å²) < 4.78 is 16.2. The van der Waals surface area contributed by atoms with Crippen LogP contribution in [0.2, 0.25) is 0 Å². The summed E-state index contributed by atoms with van der Waals surface area (Å²) in [5.74, 6) is 1.57. The highest BCUT2D eigenvalue weighted by atomic mass is 16.5. The van der Waals surface area contributed by atoms with Crippen LogP contribution in [-0.4, -0.2) is 20.1 Å². The van der Waals surface area contributed by atoms with E-state index in [2.05, 4.69) is 5.32 Å². The van der Waals surface area contributed by atoms with Crippen LogP contribution in [0.4, 0.5) is 0 Å². The van der Waals surface area contributed by atoms with Gasteiger partial charge >= 0.3 is 0 Å². The number of rotatable bonds is 5. The standard InChI is InChI=1S/C19H19NO4/c1-12(17-10-13-6-4-5-7-16(13)24-17)20-19(21)15-9-8-14(22-2)11-18(15)23-3/h4-12H,1-3H3,(H,20,21). The monoisotopic (exact) mass is 325 g/mol. The number of hydrogen-bond donors (Lipinski definition) is 1. The van der Waals surface area contributed by atoms with Crippen LogP contribution in [-0.2, 0) is 0 Å². The second-order valence-corrected chi connectivity index (χ2v) is 5.45. The van der Waals surface area contributed by atoms with E-state index in [1.54, 1.807) is 25.3 Å². The number of amides is 1. The number of ether oxygens (including phenoxy) is 2. The molecule has 0 saturated carbocycles. The molecule has 1 heterocycles. The lowest BCUT2D eigenvalue weighted by atomic mass is 10.1. The highest BCUT2D eigenvalue weighted by Gasteiger charge is 2.18. The van der Waals surface area contributed by atoms with Crippen molar-refractivity contribution in [2.75, 3.05) is 14.2 Å². The lowest BCUT2D eigenvalue weighted by molar-refractivity contribution is 0.0932. The van der Waals surface area contributed by atoms with E-state index in [9.17, 15) is 4.79 Å². The molecule has 0 aliphatic rings. The van der Waals surface area contributed by atoms with Crippen molar-refractivity contribution in [3.05, 3.63) is 59.9 Å². The molecule has 3 rings (SSSR count). The van der Waals surface area contributed by atoms with Crippen LogP contribution in [0.15, 0.2) is 52.9 Å². The van der Waals surface area contributed by atoms with Gasteiger partial charge in [-0.15, -0.1) is 0 Å². The average Bonchev–Trinajstić information content (AvgIpc) is 3.05. The average molecular weight is 325 g/mol. The first-order chi connectivity index (χ1) is 11.6. The maximum Gasteiger partial charge on any atom is 0.255 e. The first-order valence-corrected chi connectivity index (χ1v) is 7.63. The zero-order chi connectivity index (χ0) is 17.1. The van der Waals surface area contributed by atoms with Crippen LogP contribution >= 0.6 is 0 Å². The van der Waals surface area contributed by atoms with Crippen LogP contribution in [0, 0.1) is 0 Å². The van der Waals surface area contributed by atoms with Gasteiger partial charge in [0.05, 0.1) is 25.8 Å². The van der Waals surface area contributed by atoms with Crippen molar-refractivity contribution in [3.63, 3.8) is 0 Å². The van der Waals surface area contributed by atoms with Gasteiger partial charge in [0.15, 0.2) is 0 Å². The van der Waals surface area contributed by atoms with Crippen LogP contribution in [0.3, 0.4) is 0 Å². The predicted molar refractivity (Wildman–Crippen MR) is 91.6 cm³/mol. The van der Waals surface area contributed by atoms with E-state index in [-0.39, 0.29) is 11.9 Å². The molecule has 5 nitrogen and oxygen atoms in total. The molecule has 5 heteroatoms. The molecule has 24 heavy (non-hydrogen) atoms. The van der Waals surface area contributed by atoms with Crippen LogP contribution in [0.5, 0.6) is 11.5 Å². The van der Waals surface area contributed by atoms with Crippen molar-refractivity contribution in [1.29, 1.82) is 0 Å². The number of hydrogen-bond acceptors (Lipinski definition) is 4. The van der Waals surface area contributed by atoms with Gasteiger partial charge < -0.3 is 19.2 Å². The Morgan fingerprint density at radius 1 is 1.08 bits per heavy atom. The molecule has 0 saturated heterocycles.